The Labute approximate surface area is 124 Å². The summed E-state index contributed by atoms with van der Waals surface area (Å²) in [6, 6.07) is 1.84. The number of amides is 1. The Kier molecular flexibility index (Phi) is 4.69. The lowest BCUT2D eigenvalue weighted by atomic mass is 9.93. The topological polar surface area (TPSA) is 32.3 Å². The summed E-state index contributed by atoms with van der Waals surface area (Å²) in [5.74, 6) is -3.42. The molecule has 8 heteroatoms. The monoisotopic (exact) mass is 322 g/mol. The van der Waals surface area contributed by atoms with Crippen molar-refractivity contribution in [3.63, 3.8) is 0 Å². The third kappa shape index (κ3) is 3.73. The fraction of sp³-hybridized carbons (Fsp3) is 0.500. The van der Waals surface area contributed by atoms with Gasteiger partial charge in [-0.15, -0.1) is 0 Å². The number of alkyl halides is 3. The third-order valence-electron chi connectivity index (χ3n) is 3.77. The molecule has 1 aliphatic rings. The van der Waals surface area contributed by atoms with Gasteiger partial charge in [-0.1, -0.05) is 0 Å². The number of piperidine rings is 1. The highest BCUT2D eigenvalue weighted by molar-refractivity contribution is 5.81. The predicted molar refractivity (Wildman–Crippen MR) is 68.9 cm³/mol. The maximum atomic E-state index is 13.2. The van der Waals surface area contributed by atoms with E-state index >= 15 is 0 Å². The number of nitrogens with zero attached hydrogens (tertiary/aromatic N) is 1. The summed E-state index contributed by atoms with van der Waals surface area (Å²) in [5, 5.41) is 3.00. The summed E-state index contributed by atoms with van der Waals surface area (Å²) < 4.78 is 63.9. The quantitative estimate of drug-likeness (QED) is 0.849. The van der Waals surface area contributed by atoms with E-state index < -0.39 is 35.8 Å². The zero-order valence-corrected chi connectivity index (χ0v) is 11.8. The molecule has 1 fully saturated rings. The summed E-state index contributed by atoms with van der Waals surface area (Å²) in [4.78, 5) is 11.9. The van der Waals surface area contributed by atoms with Gasteiger partial charge in [-0.3, -0.25) is 4.79 Å². The first-order chi connectivity index (χ1) is 10.2. The largest absolute Gasteiger partial charge is 0.471 e. The molecule has 0 aliphatic carbocycles. The molecule has 1 amide bonds. The van der Waals surface area contributed by atoms with Crippen molar-refractivity contribution < 1.29 is 26.7 Å². The molecule has 22 heavy (non-hydrogen) atoms. The van der Waals surface area contributed by atoms with Crippen molar-refractivity contribution in [3.05, 3.63) is 35.4 Å². The molecular weight excluding hydrogens is 307 g/mol. The molecule has 2 atom stereocenters. The molecule has 1 saturated heterocycles. The number of rotatable bonds is 2. The Morgan fingerprint density at radius 2 is 1.82 bits per heavy atom. The number of hydrogen-bond donors (Lipinski definition) is 1. The number of carbonyl (C=O) groups excluding carboxylic acids is 1. The van der Waals surface area contributed by atoms with Crippen LogP contribution in [0.3, 0.4) is 0 Å². The molecule has 0 spiro atoms. The van der Waals surface area contributed by atoms with Gasteiger partial charge in [-0.2, -0.15) is 13.2 Å². The van der Waals surface area contributed by atoms with Gasteiger partial charge in [0, 0.05) is 25.2 Å². The van der Waals surface area contributed by atoms with Crippen LogP contribution in [0.25, 0.3) is 0 Å². The van der Waals surface area contributed by atoms with Crippen LogP contribution in [0.5, 0.6) is 0 Å². The molecule has 1 aromatic carbocycles. The number of benzene rings is 1. The van der Waals surface area contributed by atoms with Crippen LogP contribution in [0.4, 0.5) is 22.0 Å². The van der Waals surface area contributed by atoms with E-state index in [1.165, 1.54) is 0 Å². The zero-order valence-electron chi connectivity index (χ0n) is 11.8. The minimum Gasteiger partial charge on any atom is -0.335 e. The molecule has 1 heterocycles. The standard InChI is InChI=1S/C14H15F5N2O/c1-21(13(22)14(17,18)19)11-2-3-20-12(7-11)8-4-9(15)6-10(16)5-8/h4-6,11-12,20H,2-3,7H2,1H3/t11-,12+/m1/s1. The van der Waals surface area contributed by atoms with Crippen LogP contribution < -0.4 is 5.32 Å². The Bertz CT molecular complexity index is 540. The van der Waals surface area contributed by atoms with Crippen molar-refractivity contribution in [1.82, 2.24) is 10.2 Å². The third-order valence-corrected chi connectivity index (χ3v) is 3.77. The molecule has 1 aliphatic heterocycles. The SMILES string of the molecule is CN(C(=O)C(F)(F)F)[C@@H]1CCN[C@H](c2cc(F)cc(F)c2)C1. The molecule has 0 aromatic heterocycles. The van der Waals surface area contributed by atoms with Crippen LogP contribution in [0, 0.1) is 11.6 Å². The summed E-state index contributed by atoms with van der Waals surface area (Å²) in [6.07, 6.45) is -4.44. The van der Waals surface area contributed by atoms with Gasteiger partial charge in [0.15, 0.2) is 0 Å². The van der Waals surface area contributed by atoms with E-state index in [0.29, 0.717) is 23.4 Å². The van der Waals surface area contributed by atoms with Crippen molar-refractivity contribution >= 4 is 5.91 Å². The van der Waals surface area contributed by atoms with Gasteiger partial charge in [-0.05, 0) is 37.1 Å². The molecule has 122 valence electrons. The highest BCUT2D eigenvalue weighted by Gasteiger charge is 2.43. The normalized spacial score (nSPS) is 22.5. The minimum absolute atomic E-state index is 0.154. The van der Waals surface area contributed by atoms with E-state index in [4.69, 9.17) is 0 Å². The van der Waals surface area contributed by atoms with Gasteiger partial charge < -0.3 is 10.2 Å². The summed E-state index contributed by atoms with van der Waals surface area (Å²) in [7, 11) is 1.09. The number of carbonyl (C=O) groups is 1. The van der Waals surface area contributed by atoms with Crippen LogP contribution in [-0.2, 0) is 4.79 Å². The number of nitrogens with one attached hydrogen (secondary N) is 1. The smallest absolute Gasteiger partial charge is 0.335 e. The Hall–Kier alpha value is -1.70. The van der Waals surface area contributed by atoms with E-state index in [-0.39, 0.29) is 6.42 Å². The average Bonchev–Trinajstić information content (AvgIpc) is 2.44. The maximum Gasteiger partial charge on any atom is 0.471 e. The van der Waals surface area contributed by atoms with Gasteiger partial charge in [0.2, 0.25) is 0 Å². The fourth-order valence-corrected chi connectivity index (χ4v) is 2.65. The van der Waals surface area contributed by atoms with Gasteiger partial charge in [0.05, 0.1) is 0 Å². The Morgan fingerprint density at radius 3 is 2.36 bits per heavy atom. The van der Waals surface area contributed by atoms with E-state index in [0.717, 1.165) is 25.2 Å². The van der Waals surface area contributed by atoms with Gasteiger partial charge in [0.1, 0.15) is 11.6 Å². The van der Waals surface area contributed by atoms with Crippen LogP contribution >= 0.6 is 0 Å². The molecule has 0 unspecified atom stereocenters. The van der Waals surface area contributed by atoms with Crippen LogP contribution in [0.1, 0.15) is 24.4 Å². The maximum absolute atomic E-state index is 13.2. The molecule has 3 nitrogen and oxygen atoms in total. The minimum atomic E-state index is -4.93. The van der Waals surface area contributed by atoms with Crippen molar-refractivity contribution in [2.75, 3.05) is 13.6 Å². The Balaban J connectivity index is 2.13. The van der Waals surface area contributed by atoms with Gasteiger partial charge in [0.25, 0.3) is 0 Å². The first-order valence-corrected chi connectivity index (χ1v) is 6.72. The fourth-order valence-electron chi connectivity index (χ4n) is 2.65. The van der Waals surface area contributed by atoms with Crippen molar-refractivity contribution in [2.24, 2.45) is 0 Å². The lowest BCUT2D eigenvalue weighted by Gasteiger charge is -2.36. The second-order valence-electron chi connectivity index (χ2n) is 5.30. The summed E-state index contributed by atoms with van der Waals surface area (Å²) >= 11 is 0. The van der Waals surface area contributed by atoms with Crippen LogP contribution in [0.2, 0.25) is 0 Å². The first-order valence-electron chi connectivity index (χ1n) is 6.72. The van der Waals surface area contributed by atoms with Gasteiger partial charge in [-0.25, -0.2) is 8.78 Å². The highest BCUT2D eigenvalue weighted by Crippen LogP contribution is 2.29. The second-order valence-corrected chi connectivity index (χ2v) is 5.30. The van der Waals surface area contributed by atoms with E-state index in [2.05, 4.69) is 5.32 Å². The van der Waals surface area contributed by atoms with E-state index in [9.17, 15) is 26.7 Å². The lowest BCUT2D eigenvalue weighted by molar-refractivity contribution is -0.186. The molecule has 2 rings (SSSR count). The molecule has 1 aromatic rings. The van der Waals surface area contributed by atoms with Crippen LogP contribution in [0.15, 0.2) is 18.2 Å². The summed E-state index contributed by atoms with van der Waals surface area (Å²) in [5.41, 5.74) is 0.315. The second kappa shape index (κ2) is 6.20. The zero-order chi connectivity index (χ0) is 16.5. The van der Waals surface area contributed by atoms with Gasteiger partial charge >= 0.3 is 12.1 Å². The molecule has 0 bridgehead atoms. The number of hydrogen-bond acceptors (Lipinski definition) is 2. The lowest BCUT2D eigenvalue weighted by Crippen LogP contribution is -2.49. The molecule has 0 radical (unpaired) electrons. The van der Waals surface area contributed by atoms with E-state index in [1.54, 1.807) is 0 Å². The highest BCUT2D eigenvalue weighted by atomic mass is 19.4. The number of halogens is 5. The Morgan fingerprint density at radius 1 is 1.23 bits per heavy atom. The van der Waals surface area contributed by atoms with Crippen molar-refractivity contribution in [2.45, 2.75) is 31.1 Å². The predicted octanol–water partition coefficient (Wildman–Crippen LogP) is 2.78. The average molecular weight is 322 g/mol. The van der Waals surface area contributed by atoms with Crippen LogP contribution in [-0.4, -0.2) is 36.6 Å². The first kappa shape index (κ1) is 16.7. The molecule has 1 N–H and O–H groups in total. The molecular formula is C14H15F5N2O. The molecule has 0 saturated carbocycles. The van der Waals surface area contributed by atoms with Crippen molar-refractivity contribution in [1.29, 1.82) is 0 Å². The van der Waals surface area contributed by atoms with E-state index in [1.807, 2.05) is 0 Å². The summed E-state index contributed by atoms with van der Waals surface area (Å²) in [6.45, 7) is 0.350. The van der Waals surface area contributed by atoms with Crippen molar-refractivity contribution in [3.8, 4) is 0 Å².